The lowest BCUT2D eigenvalue weighted by Gasteiger charge is -2.41. The molecule has 3 atom stereocenters. The SMILES string of the molecule is COc1cncnc1NC(=O)CN1CCC[C@](c2ccccc2)(N(C)C)CCCC(CC2CCC2)C(C)C1=O. The van der Waals surface area contributed by atoms with Crippen molar-refractivity contribution in [1.82, 2.24) is 19.8 Å². The number of hydrogen-bond acceptors (Lipinski definition) is 6. The molecule has 2 heterocycles. The Morgan fingerprint density at radius 3 is 2.54 bits per heavy atom. The molecule has 2 fully saturated rings. The van der Waals surface area contributed by atoms with E-state index in [4.69, 9.17) is 4.74 Å². The summed E-state index contributed by atoms with van der Waals surface area (Å²) >= 11 is 0. The molecule has 0 bridgehead atoms. The number of anilines is 1. The van der Waals surface area contributed by atoms with Gasteiger partial charge < -0.3 is 15.0 Å². The molecular formula is C31H45N5O3. The summed E-state index contributed by atoms with van der Waals surface area (Å²) in [6, 6.07) is 10.8. The summed E-state index contributed by atoms with van der Waals surface area (Å²) in [4.78, 5) is 39.3. The summed E-state index contributed by atoms with van der Waals surface area (Å²) in [6.07, 6.45) is 12.7. The quantitative estimate of drug-likeness (QED) is 0.505. The van der Waals surface area contributed by atoms with Crippen molar-refractivity contribution in [2.75, 3.05) is 39.6 Å². The molecule has 1 aliphatic heterocycles. The van der Waals surface area contributed by atoms with Gasteiger partial charge >= 0.3 is 0 Å². The van der Waals surface area contributed by atoms with E-state index in [-0.39, 0.29) is 29.8 Å². The third-order valence-electron chi connectivity index (χ3n) is 9.11. The van der Waals surface area contributed by atoms with Crippen LogP contribution in [0.4, 0.5) is 5.82 Å². The Balaban J connectivity index is 1.58. The average Bonchev–Trinajstić information content (AvgIpc) is 2.93. The fraction of sp³-hybridized carbons (Fsp3) is 0.613. The van der Waals surface area contributed by atoms with Gasteiger partial charge in [0.05, 0.1) is 19.9 Å². The van der Waals surface area contributed by atoms with Crippen LogP contribution < -0.4 is 10.1 Å². The van der Waals surface area contributed by atoms with Crippen molar-refractivity contribution in [2.24, 2.45) is 17.8 Å². The number of nitrogens with one attached hydrogen (secondary N) is 1. The third kappa shape index (κ3) is 6.96. The molecule has 1 saturated heterocycles. The number of nitrogens with zero attached hydrogens (tertiary/aromatic N) is 4. The molecule has 0 radical (unpaired) electrons. The zero-order valence-corrected chi connectivity index (χ0v) is 24.1. The number of carbonyl (C=O) groups is 2. The lowest BCUT2D eigenvalue weighted by molar-refractivity contribution is -0.140. The van der Waals surface area contributed by atoms with E-state index in [2.05, 4.69) is 71.5 Å². The first-order valence-corrected chi connectivity index (χ1v) is 14.5. The molecule has 8 heteroatoms. The third-order valence-corrected chi connectivity index (χ3v) is 9.11. The number of aromatic nitrogens is 2. The Kier molecular flexibility index (Phi) is 9.94. The molecular weight excluding hydrogens is 490 g/mol. The zero-order valence-electron chi connectivity index (χ0n) is 24.1. The Morgan fingerprint density at radius 2 is 1.87 bits per heavy atom. The van der Waals surface area contributed by atoms with Gasteiger partial charge in [-0.15, -0.1) is 0 Å². The fourth-order valence-electron chi connectivity index (χ4n) is 6.48. The van der Waals surface area contributed by atoms with Crippen molar-refractivity contribution in [1.29, 1.82) is 0 Å². The van der Waals surface area contributed by atoms with Crippen LogP contribution in [0.5, 0.6) is 5.75 Å². The normalized spacial score (nSPS) is 25.1. The number of hydrogen-bond donors (Lipinski definition) is 1. The summed E-state index contributed by atoms with van der Waals surface area (Å²) in [5.74, 6) is 1.45. The maximum Gasteiger partial charge on any atom is 0.245 e. The summed E-state index contributed by atoms with van der Waals surface area (Å²) < 4.78 is 5.28. The standard InChI is InChI=1S/C31H45N5O3/c1-23-25(19-24-11-8-12-24)13-9-16-31(35(2)3,26-14-6-5-7-15-26)17-10-18-36(30(23)38)21-28(37)34-29-27(39-4)20-32-22-33-29/h5-7,14-15,20,22-25H,8-13,16-19,21H2,1-4H3,(H,32,33,34,37)/t23?,25?,31-/m1/s1. The molecule has 2 aliphatic rings. The second-order valence-electron chi connectivity index (χ2n) is 11.6. The highest BCUT2D eigenvalue weighted by molar-refractivity contribution is 5.95. The minimum absolute atomic E-state index is 0.00716. The van der Waals surface area contributed by atoms with Crippen LogP contribution in [0, 0.1) is 17.8 Å². The van der Waals surface area contributed by atoms with E-state index in [1.54, 1.807) is 4.90 Å². The van der Waals surface area contributed by atoms with Crippen LogP contribution in [-0.2, 0) is 15.1 Å². The molecule has 1 aromatic carbocycles. The zero-order chi connectivity index (χ0) is 27.8. The number of rotatable bonds is 8. The van der Waals surface area contributed by atoms with Gasteiger partial charge in [-0.05, 0) is 63.6 Å². The summed E-state index contributed by atoms with van der Waals surface area (Å²) in [5, 5.41) is 2.83. The number of amides is 2. The predicted molar refractivity (Wildman–Crippen MR) is 153 cm³/mol. The molecule has 8 nitrogen and oxygen atoms in total. The highest BCUT2D eigenvalue weighted by Crippen LogP contribution is 2.41. The van der Waals surface area contributed by atoms with Crippen LogP contribution in [0.3, 0.4) is 0 Å². The number of carbonyl (C=O) groups excluding carboxylic acids is 2. The maximum absolute atomic E-state index is 13.9. The molecule has 2 amide bonds. The first-order chi connectivity index (χ1) is 18.8. The van der Waals surface area contributed by atoms with Crippen LogP contribution >= 0.6 is 0 Å². The molecule has 39 heavy (non-hydrogen) atoms. The van der Waals surface area contributed by atoms with Gasteiger partial charge in [0.2, 0.25) is 11.8 Å². The van der Waals surface area contributed by atoms with E-state index in [0.717, 1.165) is 44.4 Å². The highest BCUT2D eigenvalue weighted by Gasteiger charge is 2.37. The van der Waals surface area contributed by atoms with Crippen molar-refractivity contribution in [2.45, 2.75) is 70.3 Å². The summed E-state index contributed by atoms with van der Waals surface area (Å²) in [5.41, 5.74) is 1.21. The Hall–Kier alpha value is -3.00. The van der Waals surface area contributed by atoms with Gasteiger partial charge in [-0.25, -0.2) is 9.97 Å². The van der Waals surface area contributed by atoms with Gasteiger partial charge in [-0.1, -0.05) is 62.9 Å². The van der Waals surface area contributed by atoms with Gasteiger partial charge in [-0.3, -0.25) is 14.5 Å². The van der Waals surface area contributed by atoms with Crippen LogP contribution in [0.1, 0.15) is 70.3 Å². The Bertz CT molecular complexity index is 1090. The first kappa shape index (κ1) is 29.0. The minimum atomic E-state index is -0.278. The van der Waals surface area contributed by atoms with Crippen molar-refractivity contribution in [3.8, 4) is 5.75 Å². The first-order valence-electron chi connectivity index (χ1n) is 14.5. The molecule has 2 aromatic rings. The second-order valence-corrected chi connectivity index (χ2v) is 11.6. The fourth-order valence-corrected chi connectivity index (χ4v) is 6.48. The lowest BCUT2D eigenvalue weighted by atomic mass is 9.73. The smallest absolute Gasteiger partial charge is 0.245 e. The van der Waals surface area contributed by atoms with E-state index in [1.165, 1.54) is 44.5 Å². The maximum atomic E-state index is 13.9. The van der Waals surface area contributed by atoms with Crippen molar-refractivity contribution >= 4 is 17.6 Å². The molecule has 1 aliphatic carbocycles. The summed E-state index contributed by atoms with van der Waals surface area (Å²) in [6.45, 7) is 2.61. The van der Waals surface area contributed by atoms with Crippen LogP contribution in [0.25, 0.3) is 0 Å². The van der Waals surface area contributed by atoms with Gasteiger partial charge in [-0.2, -0.15) is 0 Å². The topological polar surface area (TPSA) is 87.7 Å². The number of methoxy groups -OCH3 is 1. The summed E-state index contributed by atoms with van der Waals surface area (Å²) in [7, 11) is 5.86. The second kappa shape index (κ2) is 13.4. The Labute approximate surface area is 233 Å². The van der Waals surface area contributed by atoms with Crippen molar-refractivity contribution in [3.63, 3.8) is 0 Å². The minimum Gasteiger partial charge on any atom is -0.491 e. The molecule has 212 valence electrons. The van der Waals surface area contributed by atoms with Crippen molar-refractivity contribution < 1.29 is 14.3 Å². The van der Waals surface area contributed by atoms with E-state index in [9.17, 15) is 9.59 Å². The van der Waals surface area contributed by atoms with Gasteiger partial charge in [0, 0.05) is 18.0 Å². The van der Waals surface area contributed by atoms with Crippen LogP contribution in [0.2, 0.25) is 0 Å². The van der Waals surface area contributed by atoms with Gasteiger partial charge in [0.15, 0.2) is 11.6 Å². The molecule has 0 spiro atoms. The largest absolute Gasteiger partial charge is 0.491 e. The molecule has 1 saturated carbocycles. The van der Waals surface area contributed by atoms with E-state index in [1.807, 2.05) is 0 Å². The molecule has 2 unspecified atom stereocenters. The van der Waals surface area contributed by atoms with Gasteiger partial charge in [0.25, 0.3) is 0 Å². The molecule has 1 aromatic heterocycles. The van der Waals surface area contributed by atoms with Crippen molar-refractivity contribution in [3.05, 3.63) is 48.4 Å². The lowest BCUT2D eigenvalue weighted by Crippen LogP contribution is -2.44. The van der Waals surface area contributed by atoms with E-state index >= 15 is 0 Å². The number of ether oxygens (including phenoxy) is 1. The predicted octanol–water partition coefficient (Wildman–Crippen LogP) is 5.12. The molecule has 4 rings (SSSR count). The molecule has 1 N–H and O–H groups in total. The monoisotopic (exact) mass is 535 g/mol. The van der Waals surface area contributed by atoms with Crippen LogP contribution in [0.15, 0.2) is 42.9 Å². The van der Waals surface area contributed by atoms with E-state index in [0.29, 0.717) is 24.0 Å². The van der Waals surface area contributed by atoms with Crippen LogP contribution in [-0.4, -0.2) is 65.9 Å². The van der Waals surface area contributed by atoms with E-state index < -0.39 is 0 Å². The Morgan fingerprint density at radius 1 is 1.13 bits per heavy atom. The average molecular weight is 536 g/mol. The van der Waals surface area contributed by atoms with Gasteiger partial charge in [0.1, 0.15) is 6.33 Å². The highest BCUT2D eigenvalue weighted by atomic mass is 16.5. The number of benzene rings is 1.